The summed E-state index contributed by atoms with van der Waals surface area (Å²) in [6, 6.07) is 11.6. The van der Waals surface area contributed by atoms with Gasteiger partial charge in [0.2, 0.25) is 0 Å². The van der Waals surface area contributed by atoms with Gasteiger partial charge in [-0.15, -0.1) is 15.3 Å². The number of nitrogens with zero attached hydrogens (tertiary/aromatic N) is 4. The summed E-state index contributed by atoms with van der Waals surface area (Å²) in [5, 5.41) is 20.4. The van der Waals surface area contributed by atoms with Crippen LogP contribution in [0.5, 0.6) is 11.5 Å². The largest absolute Gasteiger partial charge is 0.493 e. The van der Waals surface area contributed by atoms with Gasteiger partial charge in [-0.05, 0) is 29.6 Å². The van der Waals surface area contributed by atoms with Gasteiger partial charge in [-0.3, -0.25) is 0 Å². The standard InChI is InChI=1S/C18H17N5O2S/c1-24-14-5-3-4-12(17(14)25-2)10-19-15-6-7-16-20-21-18(23(16)22-15)13-8-9-26-11-13/h3-9,11H,10H2,1-2H3,(H,19,22). The monoisotopic (exact) mass is 367 g/mol. The molecule has 0 saturated heterocycles. The van der Waals surface area contributed by atoms with E-state index in [0.29, 0.717) is 23.7 Å². The van der Waals surface area contributed by atoms with Crippen molar-refractivity contribution in [2.75, 3.05) is 19.5 Å². The number of hydrogen-bond acceptors (Lipinski definition) is 7. The Kier molecular flexibility index (Phi) is 4.40. The molecule has 0 aliphatic carbocycles. The number of benzene rings is 1. The van der Waals surface area contributed by atoms with Gasteiger partial charge in [-0.25, -0.2) is 0 Å². The van der Waals surface area contributed by atoms with Crippen LogP contribution in [-0.4, -0.2) is 34.0 Å². The van der Waals surface area contributed by atoms with Crippen LogP contribution in [0.4, 0.5) is 5.82 Å². The molecule has 3 aromatic heterocycles. The summed E-state index contributed by atoms with van der Waals surface area (Å²) in [6.07, 6.45) is 0. The predicted octanol–water partition coefficient (Wildman–Crippen LogP) is 3.48. The third-order valence-electron chi connectivity index (χ3n) is 3.99. The van der Waals surface area contributed by atoms with Gasteiger partial charge in [0.1, 0.15) is 5.82 Å². The fraction of sp³-hybridized carbons (Fsp3) is 0.167. The number of methoxy groups -OCH3 is 2. The van der Waals surface area contributed by atoms with Crippen molar-refractivity contribution in [3.8, 4) is 22.9 Å². The highest BCUT2D eigenvalue weighted by molar-refractivity contribution is 7.08. The Labute approximate surface area is 154 Å². The van der Waals surface area contributed by atoms with E-state index in [1.807, 2.05) is 47.2 Å². The second-order valence-corrected chi connectivity index (χ2v) is 6.31. The summed E-state index contributed by atoms with van der Waals surface area (Å²) < 4.78 is 12.6. The molecule has 0 fully saturated rings. The average molecular weight is 367 g/mol. The highest BCUT2D eigenvalue weighted by Crippen LogP contribution is 2.31. The first kappa shape index (κ1) is 16.3. The van der Waals surface area contributed by atoms with Crippen molar-refractivity contribution in [1.29, 1.82) is 0 Å². The van der Waals surface area contributed by atoms with Gasteiger partial charge in [0.15, 0.2) is 23.0 Å². The molecule has 1 aromatic carbocycles. The zero-order valence-electron chi connectivity index (χ0n) is 14.3. The lowest BCUT2D eigenvalue weighted by molar-refractivity contribution is 0.352. The molecule has 4 aromatic rings. The Hall–Kier alpha value is -3.13. The highest BCUT2D eigenvalue weighted by Gasteiger charge is 2.12. The van der Waals surface area contributed by atoms with Crippen molar-refractivity contribution in [3.63, 3.8) is 0 Å². The quantitative estimate of drug-likeness (QED) is 0.562. The molecular formula is C18H17N5O2S. The van der Waals surface area contributed by atoms with E-state index in [1.165, 1.54) is 0 Å². The maximum absolute atomic E-state index is 5.47. The molecule has 26 heavy (non-hydrogen) atoms. The Morgan fingerprint density at radius 2 is 2.00 bits per heavy atom. The molecule has 0 saturated carbocycles. The lowest BCUT2D eigenvalue weighted by Gasteiger charge is -2.13. The Morgan fingerprint density at radius 1 is 1.08 bits per heavy atom. The molecular weight excluding hydrogens is 350 g/mol. The van der Waals surface area contributed by atoms with Gasteiger partial charge in [0, 0.05) is 23.1 Å². The second kappa shape index (κ2) is 7.01. The number of aromatic nitrogens is 4. The van der Waals surface area contributed by atoms with Crippen LogP contribution in [-0.2, 0) is 6.54 Å². The van der Waals surface area contributed by atoms with E-state index in [0.717, 1.165) is 22.8 Å². The van der Waals surface area contributed by atoms with Gasteiger partial charge in [0.05, 0.1) is 14.2 Å². The van der Waals surface area contributed by atoms with Crippen molar-refractivity contribution in [2.45, 2.75) is 6.54 Å². The highest BCUT2D eigenvalue weighted by atomic mass is 32.1. The lowest BCUT2D eigenvalue weighted by Crippen LogP contribution is -2.06. The lowest BCUT2D eigenvalue weighted by atomic mass is 10.2. The summed E-state index contributed by atoms with van der Waals surface area (Å²) >= 11 is 1.62. The number of rotatable bonds is 6. The van der Waals surface area contributed by atoms with E-state index in [1.54, 1.807) is 30.1 Å². The number of ether oxygens (including phenoxy) is 2. The fourth-order valence-electron chi connectivity index (χ4n) is 2.73. The molecule has 0 bridgehead atoms. The van der Waals surface area contributed by atoms with Gasteiger partial charge in [-0.2, -0.15) is 15.9 Å². The smallest absolute Gasteiger partial charge is 0.186 e. The third-order valence-corrected chi connectivity index (χ3v) is 4.67. The third kappa shape index (κ3) is 2.95. The number of fused-ring (bicyclic) bond motifs is 1. The Morgan fingerprint density at radius 3 is 2.77 bits per heavy atom. The van der Waals surface area contributed by atoms with Gasteiger partial charge in [-0.1, -0.05) is 12.1 Å². The minimum atomic E-state index is 0.550. The van der Waals surface area contributed by atoms with Gasteiger partial charge < -0.3 is 14.8 Å². The minimum absolute atomic E-state index is 0.550. The predicted molar refractivity (Wildman–Crippen MR) is 101 cm³/mol. The zero-order valence-corrected chi connectivity index (χ0v) is 15.2. The van der Waals surface area contributed by atoms with E-state index in [-0.39, 0.29) is 0 Å². The number of anilines is 1. The summed E-state index contributed by atoms with van der Waals surface area (Å²) in [7, 11) is 3.26. The van der Waals surface area contributed by atoms with Crippen LogP contribution in [0.1, 0.15) is 5.56 Å². The van der Waals surface area contributed by atoms with Crippen LogP contribution >= 0.6 is 11.3 Å². The summed E-state index contributed by atoms with van der Waals surface area (Å²) in [5.41, 5.74) is 2.69. The zero-order chi connectivity index (χ0) is 17.9. The number of nitrogens with one attached hydrogen (secondary N) is 1. The van der Waals surface area contributed by atoms with E-state index in [9.17, 15) is 0 Å². The molecule has 0 atom stereocenters. The molecule has 132 valence electrons. The fourth-order valence-corrected chi connectivity index (χ4v) is 3.37. The van der Waals surface area contributed by atoms with Crippen molar-refractivity contribution in [3.05, 3.63) is 52.7 Å². The first-order valence-corrected chi connectivity index (χ1v) is 8.93. The molecule has 0 unspecified atom stereocenters. The molecule has 3 heterocycles. The molecule has 4 rings (SSSR count). The average Bonchev–Trinajstić information content (AvgIpc) is 3.34. The first-order chi connectivity index (χ1) is 12.8. The summed E-state index contributed by atoms with van der Waals surface area (Å²) in [4.78, 5) is 0. The number of thiophene rings is 1. The van der Waals surface area contributed by atoms with E-state index in [4.69, 9.17) is 9.47 Å². The Bertz CT molecular complexity index is 1030. The van der Waals surface area contributed by atoms with Crippen LogP contribution < -0.4 is 14.8 Å². The normalized spacial score (nSPS) is 10.8. The van der Waals surface area contributed by atoms with Crippen molar-refractivity contribution >= 4 is 22.8 Å². The van der Waals surface area contributed by atoms with Crippen LogP contribution in [0.25, 0.3) is 17.0 Å². The molecule has 7 nitrogen and oxygen atoms in total. The van der Waals surface area contributed by atoms with Crippen LogP contribution in [0.3, 0.4) is 0 Å². The SMILES string of the molecule is COc1cccc(CNc2ccc3nnc(-c4ccsc4)n3n2)c1OC. The first-order valence-electron chi connectivity index (χ1n) is 7.99. The minimum Gasteiger partial charge on any atom is -0.493 e. The summed E-state index contributed by atoms with van der Waals surface area (Å²) in [6.45, 7) is 0.550. The molecule has 0 radical (unpaired) electrons. The molecule has 8 heteroatoms. The van der Waals surface area contributed by atoms with Crippen LogP contribution in [0, 0.1) is 0 Å². The molecule has 0 amide bonds. The van der Waals surface area contributed by atoms with Gasteiger partial charge in [0.25, 0.3) is 0 Å². The topological polar surface area (TPSA) is 73.6 Å². The van der Waals surface area contributed by atoms with Crippen molar-refractivity contribution in [1.82, 2.24) is 19.8 Å². The van der Waals surface area contributed by atoms with Crippen LogP contribution in [0.2, 0.25) is 0 Å². The maximum atomic E-state index is 5.47. The molecule has 0 aliphatic rings. The van der Waals surface area contributed by atoms with Crippen molar-refractivity contribution in [2.24, 2.45) is 0 Å². The van der Waals surface area contributed by atoms with Gasteiger partial charge >= 0.3 is 0 Å². The van der Waals surface area contributed by atoms with E-state index < -0.39 is 0 Å². The Balaban J connectivity index is 1.61. The van der Waals surface area contributed by atoms with E-state index >= 15 is 0 Å². The maximum Gasteiger partial charge on any atom is 0.186 e. The molecule has 0 spiro atoms. The van der Waals surface area contributed by atoms with Crippen LogP contribution in [0.15, 0.2) is 47.2 Å². The molecule has 0 aliphatic heterocycles. The van der Waals surface area contributed by atoms with Crippen molar-refractivity contribution < 1.29 is 9.47 Å². The second-order valence-electron chi connectivity index (χ2n) is 5.53. The molecule has 1 N–H and O–H groups in total. The number of para-hydroxylation sites is 1. The van der Waals surface area contributed by atoms with E-state index in [2.05, 4.69) is 20.6 Å². The number of hydrogen-bond donors (Lipinski definition) is 1. The summed E-state index contributed by atoms with van der Waals surface area (Å²) in [5.74, 6) is 2.86.